The Kier molecular flexibility index (Phi) is 2.93. The molecule has 1 aliphatic rings. The molecule has 1 saturated carbocycles. The number of nitrogens with one attached hydrogen (secondary N) is 1. The van der Waals surface area contributed by atoms with Crippen LogP contribution in [0.5, 0.6) is 0 Å². The van der Waals surface area contributed by atoms with E-state index in [1.165, 1.54) is 6.20 Å². The van der Waals surface area contributed by atoms with Crippen LogP contribution in [0.4, 0.5) is 11.5 Å². The Morgan fingerprint density at radius 3 is 2.39 bits per heavy atom. The van der Waals surface area contributed by atoms with Crippen LogP contribution in [0.1, 0.15) is 27.7 Å². The number of carbonyl (C=O) groups is 1. The molecule has 18 heavy (non-hydrogen) atoms. The van der Waals surface area contributed by atoms with Gasteiger partial charge in [-0.15, -0.1) is 0 Å². The summed E-state index contributed by atoms with van der Waals surface area (Å²) in [5, 5.41) is 2.86. The van der Waals surface area contributed by atoms with Crippen LogP contribution in [0.3, 0.4) is 0 Å². The summed E-state index contributed by atoms with van der Waals surface area (Å²) in [5.41, 5.74) is 6.22. The lowest BCUT2D eigenvalue weighted by atomic mass is 10.0. The number of pyridine rings is 1. The van der Waals surface area contributed by atoms with E-state index in [-0.39, 0.29) is 22.7 Å². The van der Waals surface area contributed by atoms with Gasteiger partial charge < -0.3 is 11.1 Å². The van der Waals surface area contributed by atoms with Gasteiger partial charge in [0.1, 0.15) is 5.82 Å². The second kappa shape index (κ2) is 3.95. The highest BCUT2D eigenvalue weighted by Crippen LogP contribution is 2.68. The molecule has 0 bridgehead atoms. The number of nitrogens with zero attached hydrogens (tertiary/aromatic N) is 1. The molecule has 0 radical (unpaired) electrons. The van der Waals surface area contributed by atoms with Crippen molar-refractivity contribution in [1.29, 1.82) is 0 Å². The van der Waals surface area contributed by atoms with Crippen LogP contribution in [-0.4, -0.2) is 10.9 Å². The van der Waals surface area contributed by atoms with Crippen molar-refractivity contribution in [2.75, 3.05) is 11.1 Å². The molecule has 5 heteroatoms. The lowest BCUT2D eigenvalue weighted by Crippen LogP contribution is -2.18. The van der Waals surface area contributed by atoms with Gasteiger partial charge in [-0.2, -0.15) is 0 Å². The average Bonchev–Trinajstić information content (AvgIpc) is 2.62. The molecule has 2 rings (SSSR count). The number of halogens is 1. The standard InChI is InChI=1S/C13H18BrN3O/c1-12(2)9(13(12,3)4)11(18)17-10-8(14)5-7(15)6-16-10/h5-6,9H,15H2,1-4H3,(H,16,17,18). The molecule has 0 saturated heterocycles. The summed E-state index contributed by atoms with van der Waals surface area (Å²) in [7, 11) is 0. The third kappa shape index (κ3) is 1.90. The predicted molar refractivity (Wildman–Crippen MR) is 76.0 cm³/mol. The molecule has 1 fully saturated rings. The maximum Gasteiger partial charge on any atom is 0.229 e. The number of hydrogen-bond donors (Lipinski definition) is 2. The zero-order valence-electron chi connectivity index (χ0n) is 11.0. The van der Waals surface area contributed by atoms with Crippen molar-refractivity contribution in [3.63, 3.8) is 0 Å². The number of rotatable bonds is 2. The van der Waals surface area contributed by atoms with E-state index in [1.54, 1.807) is 6.07 Å². The molecule has 98 valence electrons. The van der Waals surface area contributed by atoms with E-state index in [1.807, 2.05) is 0 Å². The van der Waals surface area contributed by atoms with Gasteiger partial charge >= 0.3 is 0 Å². The third-order valence-electron chi connectivity index (χ3n) is 4.39. The molecular formula is C13H18BrN3O. The second-order valence-electron chi connectivity index (χ2n) is 5.96. The fraction of sp³-hybridized carbons (Fsp3) is 0.538. The molecule has 0 unspecified atom stereocenters. The monoisotopic (exact) mass is 311 g/mol. The SMILES string of the molecule is CC1(C)C(C(=O)Nc2ncc(N)cc2Br)C1(C)C. The van der Waals surface area contributed by atoms with Crippen LogP contribution in [0.25, 0.3) is 0 Å². The van der Waals surface area contributed by atoms with Crippen LogP contribution < -0.4 is 11.1 Å². The smallest absolute Gasteiger partial charge is 0.229 e. The zero-order valence-corrected chi connectivity index (χ0v) is 12.6. The highest BCUT2D eigenvalue weighted by Gasteiger charge is 2.68. The minimum atomic E-state index is 0.0104. The van der Waals surface area contributed by atoms with E-state index in [9.17, 15) is 4.79 Å². The summed E-state index contributed by atoms with van der Waals surface area (Å²) in [6.45, 7) is 8.46. The van der Waals surface area contributed by atoms with Crippen LogP contribution >= 0.6 is 15.9 Å². The number of anilines is 2. The van der Waals surface area contributed by atoms with E-state index < -0.39 is 0 Å². The largest absolute Gasteiger partial charge is 0.397 e. The normalized spacial score (nSPS) is 20.5. The fourth-order valence-corrected chi connectivity index (χ4v) is 3.05. The van der Waals surface area contributed by atoms with Gasteiger partial charge in [0.05, 0.1) is 16.4 Å². The molecule has 0 atom stereocenters. The van der Waals surface area contributed by atoms with Crippen molar-refractivity contribution in [2.24, 2.45) is 16.7 Å². The Balaban J connectivity index is 2.14. The first kappa shape index (κ1) is 13.3. The van der Waals surface area contributed by atoms with Gasteiger partial charge in [-0.05, 0) is 32.8 Å². The van der Waals surface area contributed by atoms with E-state index >= 15 is 0 Å². The molecular weight excluding hydrogens is 294 g/mol. The van der Waals surface area contributed by atoms with Crippen molar-refractivity contribution < 1.29 is 4.79 Å². The topological polar surface area (TPSA) is 68.0 Å². The Bertz CT molecular complexity index is 497. The van der Waals surface area contributed by atoms with Gasteiger partial charge in [0.25, 0.3) is 0 Å². The molecule has 1 aromatic rings. The minimum Gasteiger partial charge on any atom is -0.397 e. The minimum absolute atomic E-state index is 0.0104. The van der Waals surface area contributed by atoms with Gasteiger partial charge in [0.2, 0.25) is 5.91 Å². The number of amides is 1. The summed E-state index contributed by atoms with van der Waals surface area (Å²) in [6.07, 6.45) is 1.53. The molecule has 1 aliphatic carbocycles. The quantitative estimate of drug-likeness (QED) is 0.882. The molecule has 0 aromatic carbocycles. The van der Waals surface area contributed by atoms with Gasteiger partial charge in [0.15, 0.2) is 0 Å². The van der Waals surface area contributed by atoms with E-state index in [2.05, 4.69) is 53.9 Å². The fourth-order valence-electron chi connectivity index (χ4n) is 2.59. The van der Waals surface area contributed by atoms with Crippen molar-refractivity contribution in [3.05, 3.63) is 16.7 Å². The third-order valence-corrected chi connectivity index (χ3v) is 4.99. The van der Waals surface area contributed by atoms with Gasteiger partial charge in [-0.3, -0.25) is 4.79 Å². The number of aromatic nitrogens is 1. The Labute approximate surface area is 115 Å². The average molecular weight is 312 g/mol. The molecule has 1 heterocycles. The van der Waals surface area contributed by atoms with Crippen LogP contribution in [-0.2, 0) is 4.79 Å². The van der Waals surface area contributed by atoms with Gasteiger partial charge in [-0.1, -0.05) is 27.7 Å². The van der Waals surface area contributed by atoms with Crippen LogP contribution in [0.2, 0.25) is 0 Å². The lowest BCUT2D eigenvalue weighted by molar-refractivity contribution is -0.118. The lowest BCUT2D eigenvalue weighted by Gasteiger charge is -2.07. The maximum atomic E-state index is 12.2. The summed E-state index contributed by atoms with van der Waals surface area (Å²) < 4.78 is 0.701. The highest BCUT2D eigenvalue weighted by atomic mass is 79.9. The van der Waals surface area contributed by atoms with Gasteiger partial charge in [-0.25, -0.2) is 4.98 Å². The van der Waals surface area contributed by atoms with Crippen LogP contribution in [0, 0.1) is 16.7 Å². The van der Waals surface area contributed by atoms with Crippen molar-refractivity contribution >= 4 is 33.3 Å². The summed E-state index contributed by atoms with van der Waals surface area (Å²) in [6, 6.07) is 1.73. The van der Waals surface area contributed by atoms with Crippen molar-refractivity contribution in [3.8, 4) is 0 Å². The Morgan fingerprint density at radius 1 is 1.39 bits per heavy atom. The Morgan fingerprint density at radius 2 is 1.94 bits per heavy atom. The van der Waals surface area contributed by atoms with Crippen LogP contribution in [0.15, 0.2) is 16.7 Å². The van der Waals surface area contributed by atoms with E-state index in [0.717, 1.165) is 0 Å². The molecule has 4 nitrogen and oxygen atoms in total. The summed E-state index contributed by atoms with van der Waals surface area (Å²) in [5.74, 6) is 0.548. The first-order valence-electron chi connectivity index (χ1n) is 5.90. The molecule has 1 aromatic heterocycles. The molecule has 1 amide bonds. The molecule has 3 N–H and O–H groups in total. The summed E-state index contributed by atoms with van der Waals surface area (Å²) >= 11 is 3.34. The number of hydrogen-bond acceptors (Lipinski definition) is 3. The number of carbonyl (C=O) groups excluding carboxylic acids is 1. The van der Waals surface area contributed by atoms with Crippen molar-refractivity contribution in [1.82, 2.24) is 4.98 Å². The molecule has 0 aliphatic heterocycles. The Hall–Kier alpha value is -1.10. The zero-order chi connectivity index (χ0) is 13.7. The van der Waals surface area contributed by atoms with Gasteiger partial charge in [0, 0.05) is 5.92 Å². The summed E-state index contributed by atoms with van der Waals surface area (Å²) in [4.78, 5) is 16.4. The predicted octanol–water partition coefficient (Wildman–Crippen LogP) is 3.05. The van der Waals surface area contributed by atoms with E-state index in [0.29, 0.717) is 16.0 Å². The molecule has 0 spiro atoms. The first-order valence-corrected chi connectivity index (χ1v) is 6.69. The number of nitrogens with two attached hydrogens (primary N) is 1. The number of nitrogen functional groups attached to an aromatic ring is 1. The maximum absolute atomic E-state index is 12.2. The van der Waals surface area contributed by atoms with E-state index in [4.69, 9.17) is 5.73 Å². The highest BCUT2D eigenvalue weighted by molar-refractivity contribution is 9.10. The first-order chi connectivity index (χ1) is 8.18. The van der Waals surface area contributed by atoms with Crippen molar-refractivity contribution in [2.45, 2.75) is 27.7 Å². The second-order valence-corrected chi connectivity index (χ2v) is 6.82.